The largest absolute Gasteiger partial charge is 0.493 e. The van der Waals surface area contributed by atoms with Gasteiger partial charge in [-0.25, -0.2) is 0 Å². The predicted molar refractivity (Wildman–Crippen MR) is 138 cm³/mol. The highest BCUT2D eigenvalue weighted by molar-refractivity contribution is 5.96. The Balaban J connectivity index is 1.48. The molecule has 0 spiro atoms. The summed E-state index contributed by atoms with van der Waals surface area (Å²) in [6.45, 7) is 5.45. The molecule has 3 aliphatic rings. The second kappa shape index (κ2) is 10.9. The standard InChI is InChI=1S/C29H36N2O6/c1-4-13-35-23-12-8-21(15-25(23)34-3)28-29(33)30(22-9-5-19(2)6-10-22)17-27(32)31(28)16-20-7-11-24-26(14-20)37-18-36-24/h7-8,11-12,14-15,19,22,28H,4-6,9-10,13,16-18H2,1-3H3. The van der Waals surface area contributed by atoms with Crippen molar-refractivity contribution in [1.82, 2.24) is 9.80 Å². The van der Waals surface area contributed by atoms with Gasteiger partial charge in [-0.05, 0) is 73.4 Å². The van der Waals surface area contributed by atoms with Crippen LogP contribution in [-0.4, -0.2) is 54.7 Å². The Morgan fingerprint density at radius 3 is 2.51 bits per heavy atom. The molecular weight excluding hydrogens is 472 g/mol. The fraction of sp³-hybridized carbons (Fsp3) is 0.517. The van der Waals surface area contributed by atoms with Crippen molar-refractivity contribution in [2.45, 2.75) is 64.6 Å². The van der Waals surface area contributed by atoms with Crippen LogP contribution in [0, 0.1) is 5.92 Å². The molecule has 198 valence electrons. The molecule has 8 nitrogen and oxygen atoms in total. The quantitative estimate of drug-likeness (QED) is 0.514. The lowest BCUT2D eigenvalue weighted by Gasteiger charge is -2.45. The number of rotatable bonds is 8. The minimum Gasteiger partial charge on any atom is -0.493 e. The summed E-state index contributed by atoms with van der Waals surface area (Å²) < 4.78 is 22.4. The molecule has 1 saturated heterocycles. The lowest BCUT2D eigenvalue weighted by Crippen LogP contribution is -2.58. The van der Waals surface area contributed by atoms with E-state index in [2.05, 4.69) is 6.92 Å². The van der Waals surface area contributed by atoms with E-state index in [1.54, 1.807) is 12.0 Å². The van der Waals surface area contributed by atoms with Crippen LogP contribution >= 0.6 is 0 Å². The van der Waals surface area contributed by atoms with Crippen LogP contribution in [0.25, 0.3) is 0 Å². The Hall–Kier alpha value is -3.42. The Labute approximate surface area is 218 Å². The van der Waals surface area contributed by atoms with E-state index in [1.807, 2.05) is 48.2 Å². The normalized spacial score (nSPS) is 23.4. The van der Waals surface area contributed by atoms with Crippen molar-refractivity contribution in [3.8, 4) is 23.0 Å². The van der Waals surface area contributed by atoms with Crippen LogP contribution in [0.5, 0.6) is 23.0 Å². The van der Waals surface area contributed by atoms with Gasteiger partial charge in [0, 0.05) is 12.6 Å². The Bertz CT molecular complexity index is 1140. The first-order valence-corrected chi connectivity index (χ1v) is 13.3. The average Bonchev–Trinajstić information content (AvgIpc) is 3.38. The van der Waals surface area contributed by atoms with Gasteiger partial charge in [-0.3, -0.25) is 9.59 Å². The third-order valence-electron chi connectivity index (χ3n) is 7.64. The Morgan fingerprint density at radius 1 is 0.973 bits per heavy atom. The number of nitrogens with zero attached hydrogens (tertiary/aromatic N) is 2. The van der Waals surface area contributed by atoms with Gasteiger partial charge in [0.05, 0.1) is 13.7 Å². The van der Waals surface area contributed by atoms with Crippen LogP contribution in [-0.2, 0) is 16.1 Å². The van der Waals surface area contributed by atoms with Crippen molar-refractivity contribution in [2.24, 2.45) is 5.92 Å². The van der Waals surface area contributed by atoms with Crippen LogP contribution in [0.1, 0.15) is 63.1 Å². The van der Waals surface area contributed by atoms with Gasteiger partial charge < -0.3 is 28.7 Å². The molecule has 37 heavy (non-hydrogen) atoms. The molecule has 2 fully saturated rings. The van der Waals surface area contributed by atoms with Gasteiger partial charge in [0.25, 0.3) is 5.91 Å². The van der Waals surface area contributed by atoms with Gasteiger partial charge in [0.15, 0.2) is 23.0 Å². The molecule has 2 aromatic rings. The number of piperazine rings is 1. The maximum atomic E-state index is 14.1. The van der Waals surface area contributed by atoms with E-state index in [4.69, 9.17) is 18.9 Å². The zero-order chi connectivity index (χ0) is 25.9. The summed E-state index contributed by atoms with van der Waals surface area (Å²) in [6, 6.07) is 10.5. The van der Waals surface area contributed by atoms with Crippen LogP contribution in [0.2, 0.25) is 0 Å². The molecular formula is C29H36N2O6. The number of carbonyl (C=O) groups is 2. The number of carbonyl (C=O) groups excluding carboxylic acids is 2. The lowest BCUT2D eigenvalue weighted by atomic mass is 9.85. The fourth-order valence-corrected chi connectivity index (χ4v) is 5.54. The smallest absolute Gasteiger partial charge is 0.250 e. The van der Waals surface area contributed by atoms with Crippen LogP contribution in [0.15, 0.2) is 36.4 Å². The lowest BCUT2D eigenvalue weighted by molar-refractivity contribution is -0.160. The van der Waals surface area contributed by atoms with Gasteiger partial charge in [0.2, 0.25) is 12.7 Å². The highest BCUT2D eigenvalue weighted by Crippen LogP contribution is 2.39. The second-order valence-corrected chi connectivity index (χ2v) is 10.3. The van der Waals surface area contributed by atoms with Crippen molar-refractivity contribution < 1.29 is 28.5 Å². The molecule has 0 radical (unpaired) electrons. The number of hydrogen-bond acceptors (Lipinski definition) is 6. The van der Waals surface area contributed by atoms with Gasteiger partial charge in [0.1, 0.15) is 12.6 Å². The first kappa shape index (κ1) is 25.2. The summed E-state index contributed by atoms with van der Waals surface area (Å²) >= 11 is 0. The molecule has 0 aromatic heterocycles. The summed E-state index contributed by atoms with van der Waals surface area (Å²) in [4.78, 5) is 31.3. The molecule has 5 rings (SSSR count). The number of hydrogen-bond donors (Lipinski definition) is 0. The van der Waals surface area contributed by atoms with Crippen molar-refractivity contribution >= 4 is 11.8 Å². The number of fused-ring (bicyclic) bond motifs is 1. The zero-order valence-corrected chi connectivity index (χ0v) is 21.9. The first-order chi connectivity index (χ1) is 18.0. The van der Waals surface area contributed by atoms with E-state index in [1.165, 1.54) is 0 Å². The molecule has 2 aromatic carbocycles. The maximum absolute atomic E-state index is 14.1. The third kappa shape index (κ3) is 5.20. The van der Waals surface area contributed by atoms with E-state index in [0.29, 0.717) is 41.1 Å². The molecule has 0 N–H and O–H groups in total. The molecule has 2 heterocycles. The first-order valence-electron chi connectivity index (χ1n) is 13.3. The summed E-state index contributed by atoms with van der Waals surface area (Å²) in [5.41, 5.74) is 1.60. The average molecular weight is 509 g/mol. The van der Waals surface area contributed by atoms with Gasteiger partial charge in [-0.2, -0.15) is 0 Å². The van der Waals surface area contributed by atoms with Crippen molar-refractivity contribution in [2.75, 3.05) is 27.1 Å². The minimum absolute atomic E-state index is 0.0378. The zero-order valence-electron chi connectivity index (χ0n) is 21.9. The second-order valence-electron chi connectivity index (χ2n) is 10.3. The highest BCUT2D eigenvalue weighted by atomic mass is 16.7. The van der Waals surface area contributed by atoms with Gasteiger partial charge >= 0.3 is 0 Å². The molecule has 1 atom stereocenters. The molecule has 0 bridgehead atoms. The third-order valence-corrected chi connectivity index (χ3v) is 7.64. The van der Waals surface area contributed by atoms with Gasteiger partial charge in [-0.15, -0.1) is 0 Å². The Morgan fingerprint density at radius 2 is 1.76 bits per heavy atom. The fourth-order valence-electron chi connectivity index (χ4n) is 5.54. The van der Waals surface area contributed by atoms with Crippen LogP contribution in [0.4, 0.5) is 0 Å². The van der Waals surface area contributed by atoms with Crippen molar-refractivity contribution in [3.05, 3.63) is 47.5 Å². The predicted octanol–water partition coefficient (Wildman–Crippen LogP) is 4.70. The molecule has 1 unspecified atom stereocenters. The van der Waals surface area contributed by atoms with E-state index in [-0.39, 0.29) is 37.7 Å². The van der Waals surface area contributed by atoms with Crippen molar-refractivity contribution in [1.29, 1.82) is 0 Å². The van der Waals surface area contributed by atoms with Crippen LogP contribution < -0.4 is 18.9 Å². The SMILES string of the molecule is CCCOc1ccc(C2C(=O)N(C3CCC(C)CC3)CC(=O)N2Cc2ccc3c(c2)OCO3)cc1OC. The monoisotopic (exact) mass is 508 g/mol. The highest BCUT2D eigenvalue weighted by Gasteiger charge is 2.43. The molecule has 2 aliphatic heterocycles. The van der Waals surface area contributed by atoms with E-state index < -0.39 is 6.04 Å². The Kier molecular flexibility index (Phi) is 7.44. The molecule has 1 aliphatic carbocycles. The molecule has 1 saturated carbocycles. The minimum atomic E-state index is -0.750. The number of methoxy groups -OCH3 is 1. The molecule has 2 amide bonds. The summed E-state index contributed by atoms with van der Waals surface area (Å²) in [6.07, 6.45) is 4.89. The summed E-state index contributed by atoms with van der Waals surface area (Å²) in [5.74, 6) is 3.08. The van der Waals surface area contributed by atoms with Gasteiger partial charge in [-0.1, -0.05) is 26.0 Å². The number of benzene rings is 2. The topological polar surface area (TPSA) is 77.5 Å². The maximum Gasteiger partial charge on any atom is 0.250 e. The van der Waals surface area contributed by atoms with Crippen LogP contribution in [0.3, 0.4) is 0 Å². The summed E-state index contributed by atoms with van der Waals surface area (Å²) in [7, 11) is 1.59. The number of amides is 2. The van der Waals surface area contributed by atoms with Crippen molar-refractivity contribution in [3.63, 3.8) is 0 Å². The van der Waals surface area contributed by atoms with E-state index >= 15 is 0 Å². The molecule has 8 heteroatoms. The summed E-state index contributed by atoms with van der Waals surface area (Å²) in [5, 5.41) is 0. The van der Waals surface area contributed by atoms with E-state index in [9.17, 15) is 9.59 Å². The number of ether oxygens (including phenoxy) is 4. The van der Waals surface area contributed by atoms with E-state index in [0.717, 1.165) is 37.7 Å².